The fourth-order valence-electron chi connectivity index (χ4n) is 18.9. The van der Waals surface area contributed by atoms with Gasteiger partial charge in [-0.2, -0.15) is 13.2 Å². The van der Waals surface area contributed by atoms with E-state index in [4.69, 9.17) is 34.8 Å². The Bertz CT molecular complexity index is 5730. The van der Waals surface area contributed by atoms with Gasteiger partial charge in [0.15, 0.2) is 0 Å². The van der Waals surface area contributed by atoms with Crippen molar-refractivity contribution in [1.29, 1.82) is 0 Å². The van der Waals surface area contributed by atoms with Gasteiger partial charge >= 0.3 is 12.5 Å². The summed E-state index contributed by atoms with van der Waals surface area (Å²) < 4.78 is 90.6. The van der Waals surface area contributed by atoms with Crippen LogP contribution in [0.5, 0.6) is 5.75 Å². The molecule has 0 bridgehead atoms. The van der Waals surface area contributed by atoms with E-state index >= 15 is 0 Å². The molecule has 0 amide bonds. The van der Waals surface area contributed by atoms with E-state index in [-0.39, 0.29) is 45.2 Å². The standard InChI is InChI=1S/C24H22ClF3N2O2.C21H23F3N2O.C20H23BrN2O.C20H23ClN2O.C20H25ClN2O/c25-22-21(29-13-10-19(11-14-29)18-4-2-1-3-5-18)12-15-30(23(22)31)16-17-6-8-20(9-7-17)32-24(26,27)28;22-21(23,24)19-18(10-13-26(20(19)27)14-15-6-7-15)25-11-8-17(9-12-25)16-4-2-1-3-5-16;2*21-19-18(10-13-23(20(19)24)14-15-6-7-15)22-11-8-17(9-12-22)16-4-2-1-3-5-16;1-2-3-12-23-15-11-18(19(21)20(23)24)22-13-9-17(10-14-22)16-7-5-4-6-8-16/h1-9,12,15,19H,10-11,13-14,16H2;1-5,10,13,15,17H,6-9,11-12,14H2;2*1-5,10,13,15,17H,6-9,11-12,14H2;4-8,11,15,17H,2-3,9-10,12-14H2,1H3. The highest BCUT2D eigenvalue weighted by Gasteiger charge is 2.41. The van der Waals surface area contributed by atoms with Crippen molar-refractivity contribution in [3.63, 3.8) is 0 Å². The number of pyridine rings is 5. The molecule has 10 heterocycles. The van der Waals surface area contributed by atoms with E-state index in [1.165, 1.54) is 99.2 Å². The van der Waals surface area contributed by atoms with Gasteiger partial charge in [-0.25, -0.2) is 0 Å². The topological polar surface area (TPSA) is 135 Å². The second kappa shape index (κ2) is 44.6. The van der Waals surface area contributed by atoms with E-state index in [2.05, 4.69) is 181 Å². The molecule has 0 radical (unpaired) electrons. The number of hydrogen-bond acceptors (Lipinski definition) is 11. The second-order valence-electron chi connectivity index (χ2n) is 36.2. The van der Waals surface area contributed by atoms with Crippen LogP contribution in [0.2, 0.25) is 15.1 Å². The molecule has 131 heavy (non-hydrogen) atoms. The lowest BCUT2D eigenvalue weighted by Crippen LogP contribution is -2.38. The van der Waals surface area contributed by atoms with Crippen molar-refractivity contribution in [2.45, 2.75) is 197 Å². The van der Waals surface area contributed by atoms with Crippen molar-refractivity contribution in [3.8, 4) is 5.75 Å². The van der Waals surface area contributed by atoms with Crippen molar-refractivity contribution in [2.75, 3.05) is 89.9 Å². The highest BCUT2D eigenvalue weighted by atomic mass is 79.9. The van der Waals surface area contributed by atoms with E-state index in [0.29, 0.717) is 88.3 Å². The zero-order valence-electron chi connectivity index (χ0n) is 74.2. The van der Waals surface area contributed by atoms with Gasteiger partial charge in [-0.15, -0.1) is 13.2 Å². The van der Waals surface area contributed by atoms with Crippen molar-refractivity contribution >= 4 is 79.2 Å². The van der Waals surface area contributed by atoms with E-state index in [0.717, 1.165) is 183 Å². The first-order chi connectivity index (χ1) is 63.4. The van der Waals surface area contributed by atoms with Gasteiger partial charge in [0.25, 0.3) is 27.8 Å². The molecule has 0 spiro atoms. The molecule has 692 valence electrons. The Morgan fingerprint density at radius 2 is 0.603 bits per heavy atom. The molecular weight excluding hydrogens is 1800 g/mol. The predicted molar refractivity (Wildman–Crippen MR) is 520 cm³/mol. The lowest BCUT2D eigenvalue weighted by molar-refractivity contribution is -0.274. The molecule has 0 unspecified atom stereocenters. The molecule has 8 fully saturated rings. The second-order valence-corrected chi connectivity index (χ2v) is 38.1. The number of aromatic nitrogens is 5. The van der Waals surface area contributed by atoms with Gasteiger partial charge in [0.2, 0.25) is 0 Å². The Morgan fingerprint density at radius 3 is 0.924 bits per heavy atom. The molecule has 0 atom stereocenters. The minimum absolute atomic E-state index is 0.0334. The van der Waals surface area contributed by atoms with Crippen LogP contribution in [-0.2, 0) is 38.9 Å². The number of hydrogen-bond donors (Lipinski definition) is 0. The molecular formula is C105H116BrCl3F6N10O6. The number of unbranched alkanes of at least 4 members (excludes halogenated alkanes) is 1. The Labute approximate surface area is 786 Å². The number of ether oxygens (including phenoxy) is 1. The SMILES string of the molecule is CCCCn1ccc(N2CCC(c3ccccc3)CC2)c(Cl)c1=O.O=c1c(Br)c(N2CCC(c3ccccc3)CC2)ccn1CC1CC1.O=c1c(C(F)(F)F)c(N2CCC(c3ccccc3)CC2)ccn1CC1CC1.O=c1c(Cl)c(N2CCC(c3ccccc3)CC2)ccn1CC1CC1.O=c1c(Cl)c(N2CCC(c3ccccc3)CC2)ccn1Cc1ccc(OC(F)(F)F)cc1. The van der Waals surface area contributed by atoms with Gasteiger partial charge in [-0.05, 0) is 248 Å². The molecule has 0 N–H and O–H groups in total. The smallest absolute Gasteiger partial charge is 0.406 e. The molecule has 19 rings (SSSR count). The third kappa shape index (κ3) is 25.6. The largest absolute Gasteiger partial charge is 0.573 e. The van der Waals surface area contributed by atoms with Gasteiger partial charge in [-0.1, -0.05) is 212 Å². The van der Waals surface area contributed by atoms with Gasteiger partial charge in [0.1, 0.15) is 30.9 Å². The third-order valence-electron chi connectivity index (χ3n) is 27.0. The molecule has 6 aromatic carbocycles. The minimum atomic E-state index is -4.74. The Balaban J connectivity index is 0.000000126. The van der Waals surface area contributed by atoms with Crippen LogP contribution in [0.25, 0.3) is 0 Å². The van der Waals surface area contributed by atoms with Crippen LogP contribution in [0.3, 0.4) is 0 Å². The van der Waals surface area contributed by atoms with Gasteiger partial charge in [0.05, 0.1) is 35.0 Å². The van der Waals surface area contributed by atoms with Crippen molar-refractivity contribution in [1.82, 2.24) is 22.8 Å². The predicted octanol–water partition coefficient (Wildman–Crippen LogP) is 23.9. The summed E-state index contributed by atoms with van der Waals surface area (Å²) in [5, 5.41) is 0.908. The van der Waals surface area contributed by atoms with Crippen molar-refractivity contribution in [2.24, 2.45) is 17.8 Å². The van der Waals surface area contributed by atoms with E-state index < -0.39 is 23.7 Å². The average Bonchev–Trinajstić information content (AvgIpc) is 1.20. The van der Waals surface area contributed by atoms with Gasteiger partial charge in [-0.3, -0.25) is 24.0 Å². The zero-order chi connectivity index (χ0) is 91.7. The molecule has 5 saturated heterocycles. The maximum atomic E-state index is 13.7. The van der Waals surface area contributed by atoms with Crippen LogP contribution in [0.4, 0.5) is 54.8 Å². The van der Waals surface area contributed by atoms with Crippen LogP contribution in [0, 0.1) is 17.8 Å². The van der Waals surface area contributed by atoms with Gasteiger partial charge in [0, 0.05) is 123 Å². The van der Waals surface area contributed by atoms with Crippen molar-refractivity contribution in [3.05, 3.63) is 347 Å². The summed E-state index contributed by atoms with van der Waals surface area (Å²) in [6.45, 7) is 13.6. The molecule has 3 aliphatic carbocycles. The summed E-state index contributed by atoms with van der Waals surface area (Å²) in [5.41, 5.74) is 8.87. The van der Waals surface area contributed by atoms with Crippen LogP contribution in [-0.4, -0.2) is 94.6 Å². The highest BCUT2D eigenvalue weighted by Crippen LogP contribution is 2.42. The first-order valence-electron chi connectivity index (χ1n) is 46.6. The maximum absolute atomic E-state index is 13.7. The van der Waals surface area contributed by atoms with Crippen LogP contribution < -0.4 is 57.0 Å². The Hall–Kier alpha value is -10.2. The minimum Gasteiger partial charge on any atom is -0.406 e. The quantitative estimate of drug-likeness (QED) is 0.0600. The lowest BCUT2D eigenvalue weighted by atomic mass is 9.89. The number of alkyl halides is 6. The monoisotopic (exact) mass is 1910 g/mol. The molecule has 26 heteroatoms. The summed E-state index contributed by atoms with van der Waals surface area (Å²) in [5.74, 6) is 4.12. The molecule has 5 aromatic heterocycles. The molecule has 8 aliphatic rings. The normalized spacial score (nSPS) is 17.3. The number of nitrogens with zero attached hydrogens (tertiary/aromatic N) is 10. The van der Waals surface area contributed by atoms with E-state index in [1.54, 1.807) is 20.2 Å². The zero-order valence-corrected chi connectivity index (χ0v) is 78.0. The van der Waals surface area contributed by atoms with Gasteiger partial charge < -0.3 is 52.1 Å². The fraction of sp³-hybridized carbons (Fsp3) is 0.419. The fourth-order valence-corrected chi connectivity index (χ4v) is 20.4. The van der Waals surface area contributed by atoms with Crippen LogP contribution in [0.1, 0.15) is 191 Å². The van der Waals surface area contributed by atoms with Crippen LogP contribution >= 0.6 is 50.7 Å². The molecule has 3 saturated carbocycles. The molecule has 16 nitrogen and oxygen atoms in total. The summed E-state index contributed by atoms with van der Waals surface area (Å²) in [4.78, 5) is 73.6. The lowest BCUT2D eigenvalue weighted by Gasteiger charge is -2.35. The van der Waals surface area contributed by atoms with E-state index in [1.807, 2.05) is 65.6 Å². The maximum Gasteiger partial charge on any atom is 0.573 e. The number of aryl methyl sites for hydroxylation is 1. The summed E-state index contributed by atoms with van der Waals surface area (Å²) in [7, 11) is 0. The van der Waals surface area contributed by atoms with Crippen LogP contribution in [0.15, 0.2) is 266 Å². The molecule has 5 aliphatic heterocycles. The third-order valence-corrected chi connectivity index (χ3v) is 28.8. The number of piperidine rings is 5. The summed E-state index contributed by atoms with van der Waals surface area (Å²) in [6.07, 6.45) is 18.9. The van der Waals surface area contributed by atoms with Crippen molar-refractivity contribution < 1.29 is 31.1 Å². The van der Waals surface area contributed by atoms with E-state index in [9.17, 15) is 50.3 Å². The Morgan fingerprint density at radius 1 is 0.328 bits per heavy atom. The highest BCUT2D eigenvalue weighted by molar-refractivity contribution is 9.10. The average molecular weight is 1910 g/mol. The Kier molecular flexibility index (Phi) is 32.5. The summed E-state index contributed by atoms with van der Waals surface area (Å²) >= 11 is 22.8. The number of rotatable bonds is 22. The number of halogens is 10. The first kappa shape index (κ1) is 95.4. The molecule has 11 aromatic rings. The number of anilines is 5. The first-order valence-corrected chi connectivity index (χ1v) is 48.5. The number of benzene rings is 6. The summed E-state index contributed by atoms with van der Waals surface area (Å²) in [6, 6.07) is 67.6.